The lowest BCUT2D eigenvalue weighted by molar-refractivity contribution is 0.0697. The van der Waals surface area contributed by atoms with Gasteiger partial charge in [-0.25, -0.2) is 14.2 Å². The summed E-state index contributed by atoms with van der Waals surface area (Å²) in [7, 11) is 2.06. The highest BCUT2D eigenvalue weighted by atomic mass is 19.1. The maximum absolute atomic E-state index is 13.0. The Morgan fingerprint density at radius 1 is 1.63 bits per heavy atom. The molecular formula is C13H18FN3O2. The van der Waals surface area contributed by atoms with Crippen molar-refractivity contribution in [3.05, 3.63) is 23.6 Å². The summed E-state index contributed by atoms with van der Waals surface area (Å²) >= 11 is 0. The van der Waals surface area contributed by atoms with E-state index < -0.39 is 11.8 Å². The van der Waals surface area contributed by atoms with Gasteiger partial charge >= 0.3 is 5.97 Å². The van der Waals surface area contributed by atoms with Crippen molar-refractivity contribution in [2.24, 2.45) is 0 Å². The van der Waals surface area contributed by atoms with E-state index in [9.17, 15) is 9.18 Å². The summed E-state index contributed by atoms with van der Waals surface area (Å²) in [4.78, 5) is 17.1. The lowest BCUT2D eigenvalue weighted by Gasteiger charge is -2.32. The van der Waals surface area contributed by atoms with Gasteiger partial charge in [-0.05, 0) is 32.5 Å². The first kappa shape index (κ1) is 13.7. The van der Waals surface area contributed by atoms with Gasteiger partial charge in [0.2, 0.25) is 0 Å². The molecule has 0 aliphatic carbocycles. The van der Waals surface area contributed by atoms with Gasteiger partial charge in [0.15, 0.2) is 0 Å². The third-order valence-corrected chi connectivity index (χ3v) is 3.51. The molecule has 1 fully saturated rings. The molecule has 1 aromatic heterocycles. The van der Waals surface area contributed by atoms with E-state index >= 15 is 0 Å². The van der Waals surface area contributed by atoms with Crippen LogP contribution in [0, 0.1) is 5.82 Å². The minimum absolute atomic E-state index is 0.126. The van der Waals surface area contributed by atoms with Crippen LogP contribution in [0.5, 0.6) is 0 Å². The van der Waals surface area contributed by atoms with Gasteiger partial charge in [0.1, 0.15) is 17.2 Å². The molecule has 1 saturated heterocycles. The van der Waals surface area contributed by atoms with Crippen LogP contribution in [0.15, 0.2) is 12.3 Å². The van der Waals surface area contributed by atoms with Gasteiger partial charge in [-0.3, -0.25) is 0 Å². The highest BCUT2D eigenvalue weighted by Crippen LogP contribution is 2.18. The molecule has 1 aliphatic heterocycles. The number of nitrogens with one attached hydrogen (secondary N) is 1. The highest BCUT2D eigenvalue weighted by Gasteiger charge is 2.20. The number of piperidine rings is 1. The molecule has 1 aromatic rings. The molecule has 0 amide bonds. The van der Waals surface area contributed by atoms with Gasteiger partial charge in [-0.15, -0.1) is 0 Å². The molecule has 2 N–H and O–H groups in total. The van der Waals surface area contributed by atoms with E-state index in [2.05, 4.69) is 22.2 Å². The number of carboxylic acid groups (broad SMARTS) is 1. The van der Waals surface area contributed by atoms with Crippen LogP contribution in [0.1, 0.15) is 29.6 Å². The molecule has 1 atom stereocenters. The molecule has 0 aromatic carbocycles. The first-order valence-electron chi connectivity index (χ1n) is 6.41. The molecule has 1 aliphatic rings. The predicted octanol–water partition coefficient (Wildman–Crippen LogP) is 1.82. The van der Waals surface area contributed by atoms with Gasteiger partial charge in [0.05, 0.1) is 6.20 Å². The first-order chi connectivity index (χ1) is 9.08. The highest BCUT2D eigenvalue weighted by molar-refractivity contribution is 5.93. The molecule has 2 heterocycles. The second kappa shape index (κ2) is 5.97. The maximum Gasteiger partial charge on any atom is 0.339 e. The Balaban J connectivity index is 2.04. The Bertz CT molecular complexity index is 467. The number of rotatable bonds is 4. The molecule has 2 rings (SSSR count). The summed E-state index contributed by atoms with van der Waals surface area (Å²) in [5.41, 5.74) is -0.126. The number of aromatic nitrogens is 1. The Kier molecular flexibility index (Phi) is 4.31. The number of likely N-dealkylation sites (tertiary alicyclic amines) is 1. The third kappa shape index (κ3) is 3.41. The lowest BCUT2D eigenvalue weighted by atomic mass is 10.0. The summed E-state index contributed by atoms with van der Waals surface area (Å²) < 4.78 is 13.0. The minimum Gasteiger partial charge on any atom is -0.478 e. The monoisotopic (exact) mass is 267 g/mol. The molecule has 1 unspecified atom stereocenters. The fraction of sp³-hybridized carbons (Fsp3) is 0.538. The van der Waals surface area contributed by atoms with E-state index in [1.165, 1.54) is 12.8 Å². The van der Waals surface area contributed by atoms with Gasteiger partial charge in [-0.2, -0.15) is 0 Å². The molecular weight excluding hydrogens is 249 g/mol. The largest absolute Gasteiger partial charge is 0.478 e. The maximum atomic E-state index is 13.0. The standard InChI is InChI=1S/C13H18FN3O2/c1-17-5-3-2-4-10(17)8-16-12-11(13(18)19)6-9(14)7-15-12/h6-7,10H,2-5,8H2,1H3,(H,15,16)(H,18,19). The number of halogens is 1. The van der Waals surface area contributed by atoms with Crippen LogP contribution in [-0.2, 0) is 0 Å². The number of likely N-dealkylation sites (N-methyl/N-ethyl adjacent to an activating group) is 1. The fourth-order valence-corrected chi connectivity index (χ4v) is 2.36. The SMILES string of the molecule is CN1CCCCC1CNc1ncc(F)cc1C(=O)O. The van der Waals surface area contributed by atoms with Crippen LogP contribution in [0.2, 0.25) is 0 Å². The zero-order valence-corrected chi connectivity index (χ0v) is 10.9. The predicted molar refractivity (Wildman–Crippen MR) is 69.9 cm³/mol. The van der Waals surface area contributed by atoms with Gasteiger partial charge < -0.3 is 15.3 Å². The summed E-state index contributed by atoms with van der Waals surface area (Å²) in [6.07, 6.45) is 4.48. The van der Waals surface area contributed by atoms with Gasteiger partial charge in [0, 0.05) is 12.6 Å². The molecule has 0 radical (unpaired) electrons. The average molecular weight is 267 g/mol. The van der Waals surface area contributed by atoms with E-state index in [4.69, 9.17) is 5.11 Å². The molecule has 5 nitrogen and oxygen atoms in total. The number of carboxylic acids is 1. The van der Waals surface area contributed by atoms with Crippen LogP contribution in [0.25, 0.3) is 0 Å². The quantitative estimate of drug-likeness (QED) is 0.871. The van der Waals surface area contributed by atoms with E-state index in [0.29, 0.717) is 12.6 Å². The zero-order chi connectivity index (χ0) is 13.8. The van der Waals surface area contributed by atoms with Crippen molar-refractivity contribution in [1.29, 1.82) is 0 Å². The number of nitrogens with zero attached hydrogens (tertiary/aromatic N) is 2. The van der Waals surface area contributed by atoms with Gasteiger partial charge in [0.25, 0.3) is 0 Å². The van der Waals surface area contributed by atoms with E-state index in [1.807, 2.05) is 0 Å². The van der Waals surface area contributed by atoms with Crippen molar-refractivity contribution in [2.75, 3.05) is 25.5 Å². The average Bonchev–Trinajstić information content (AvgIpc) is 2.38. The van der Waals surface area contributed by atoms with Crippen molar-refractivity contribution < 1.29 is 14.3 Å². The van der Waals surface area contributed by atoms with E-state index in [0.717, 1.165) is 25.2 Å². The summed E-state index contributed by atoms with van der Waals surface area (Å²) in [6.45, 7) is 1.67. The summed E-state index contributed by atoms with van der Waals surface area (Å²) in [5.74, 6) is -1.59. The lowest BCUT2D eigenvalue weighted by Crippen LogP contribution is -2.41. The Morgan fingerprint density at radius 2 is 2.42 bits per heavy atom. The normalized spacial score (nSPS) is 20.2. The number of hydrogen-bond acceptors (Lipinski definition) is 4. The first-order valence-corrected chi connectivity index (χ1v) is 6.41. The Hall–Kier alpha value is -1.69. The number of hydrogen-bond donors (Lipinski definition) is 2. The molecule has 0 bridgehead atoms. The summed E-state index contributed by atoms with van der Waals surface area (Å²) in [5, 5.41) is 12.0. The second-order valence-electron chi connectivity index (χ2n) is 4.87. The number of carbonyl (C=O) groups is 1. The smallest absolute Gasteiger partial charge is 0.339 e. The van der Waals surface area contributed by atoms with Crippen molar-refractivity contribution in [2.45, 2.75) is 25.3 Å². The van der Waals surface area contributed by atoms with Crippen molar-refractivity contribution in [1.82, 2.24) is 9.88 Å². The zero-order valence-electron chi connectivity index (χ0n) is 10.9. The van der Waals surface area contributed by atoms with Crippen molar-refractivity contribution in [3.8, 4) is 0 Å². The summed E-state index contributed by atoms with van der Waals surface area (Å²) in [6, 6.07) is 1.35. The van der Waals surface area contributed by atoms with Crippen LogP contribution < -0.4 is 5.32 Å². The molecule has 104 valence electrons. The van der Waals surface area contributed by atoms with Gasteiger partial charge in [-0.1, -0.05) is 6.42 Å². The topological polar surface area (TPSA) is 65.5 Å². The van der Waals surface area contributed by atoms with E-state index in [1.54, 1.807) is 0 Å². The molecule has 6 heteroatoms. The fourth-order valence-electron chi connectivity index (χ4n) is 2.36. The molecule has 19 heavy (non-hydrogen) atoms. The van der Waals surface area contributed by atoms with Crippen molar-refractivity contribution in [3.63, 3.8) is 0 Å². The number of aromatic carboxylic acids is 1. The van der Waals surface area contributed by atoms with Crippen LogP contribution in [-0.4, -0.2) is 47.1 Å². The van der Waals surface area contributed by atoms with Crippen molar-refractivity contribution >= 4 is 11.8 Å². The van der Waals surface area contributed by atoms with E-state index in [-0.39, 0.29) is 11.4 Å². The Morgan fingerprint density at radius 3 is 3.11 bits per heavy atom. The third-order valence-electron chi connectivity index (χ3n) is 3.51. The Labute approximate surface area is 111 Å². The molecule has 0 spiro atoms. The van der Waals surface area contributed by atoms with Crippen LogP contribution in [0.4, 0.5) is 10.2 Å². The second-order valence-corrected chi connectivity index (χ2v) is 4.87. The van der Waals surface area contributed by atoms with Crippen LogP contribution >= 0.6 is 0 Å². The number of anilines is 1. The van der Waals surface area contributed by atoms with Crippen LogP contribution in [0.3, 0.4) is 0 Å². The number of pyridine rings is 1. The molecule has 0 saturated carbocycles. The minimum atomic E-state index is -1.17.